The largest absolute Gasteiger partial charge is 0.465 e. The fourth-order valence-corrected chi connectivity index (χ4v) is 5.78. The Labute approximate surface area is 180 Å². The van der Waals surface area contributed by atoms with E-state index in [4.69, 9.17) is 4.74 Å². The molecule has 2 aliphatic rings. The zero-order valence-corrected chi connectivity index (χ0v) is 18.6. The molecule has 7 heteroatoms. The highest BCUT2D eigenvalue weighted by atomic mass is 32.1. The Hall–Kier alpha value is -1.96. The van der Waals surface area contributed by atoms with Crippen molar-refractivity contribution in [1.82, 2.24) is 20.2 Å². The molecule has 1 saturated heterocycles. The second-order valence-electron chi connectivity index (χ2n) is 9.17. The van der Waals surface area contributed by atoms with Gasteiger partial charge in [-0.25, -0.2) is 9.37 Å². The van der Waals surface area contributed by atoms with Gasteiger partial charge in [-0.15, -0.1) is 0 Å². The van der Waals surface area contributed by atoms with Crippen LogP contribution in [0.4, 0.5) is 4.39 Å². The lowest BCUT2D eigenvalue weighted by atomic mass is 9.90. The first-order chi connectivity index (χ1) is 14.4. The average molecular weight is 429 g/mol. The zero-order chi connectivity index (χ0) is 20.9. The normalized spacial score (nSPS) is 25.0. The lowest BCUT2D eigenvalue weighted by molar-refractivity contribution is 0.0678. The summed E-state index contributed by atoms with van der Waals surface area (Å²) >= 11 is 1.59. The fourth-order valence-electron chi connectivity index (χ4n) is 4.82. The number of aromatic nitrogens is 2. The number of rotatable bonds is 5. The fraction of sp³-hybridized carbons (Fsp3) is 0.522. The van der Waals surface area contributed by atoms with Crippen LogP contribution in [0.2, 0.25) is 0 Å². The van der Waals surface area contributed by atoms with Gasteiger partial charge in [0.2, 0.25) is 0 Å². The van der Waals surface area contributed by atoms with Gasteiger partial charge in [-0.2, -0.15) is 0 Å². The molecule has 0 bridgehead atoms. The van der Waals surface area contributed by atoms with Crippen LogP contribution >= 0.6 is 11.3 Å². The van der Waals surface area contributed by atoms with E-state index in [0.717, 1.165) is 42.0 Å². The summed E-state index contributed by atoms with van der Waals surface area (Å²) in [4.78, 5) is 11.6. The Morgan fingerprint density at radius 1 is 1.33 bits per heavy atom. The summed E-state index contributed by atoms with van der Waals surface area (Å²) in [6.07, 6.45) is 4.00. The number of alkyl halides is 1. The third-order valence-corrected chi connectivity index (χ3v) is 7.07. The SMILES string of the molecule is C[C@@H]1Cc2c([nH]c3ccccc23)[C@@H](c2cnc(O[C@@H]3CCNC3)s2)N1CC(C)(C)F. The van der Waals surface area contributed by atoms with Crippen LogP contribution in [0.15, 0.2) is 30.5 Å². The van der Waals surface area contributed by atoms with E-state index in [9.17, 15) is 4.39 Å². The Kier molecular flexibility index (Phi) is 5.08. The first-order valence-corrected chi connectivity index (χ1v) is 11.6. The van der Waals surface area contributed by atoms with Crippen molar-refractivity contribution < 1.29 is 9.13 Å². The van der Waals surface area contributed by atoms with Gasteiger partial charge in [-0.3, -0.25) is 4.90 Å². The van der Waals surface area contributed by atoms with Crippen molar-refractivity contribution in [3.63, 3.8) is 0 Å². The molecule has 0 spiro atoms. The monoisotopic (exact) mass is 428 g/mol. The lowest BCUT2D eigenvalue weighted by Gasteiger charge is -2.42. The molecule has 2 aromatic heterocycles. The van der Waals surface area contributed by atoms with Crippen LogP contribution in [0.1, 0.15) is 49.4 Å². The van der Waals surface area contributed by atoms with Crippen molar-refractivity contribution in [2.75, 3.05) is 19.6 Å². The van der Waals surface area contributed by atoms with E-state index in [1.165, 1.54) is 10.9 Å². The van der Waals surface area contributed by atoms with E-state index in [2.05, 4.69) is 51.4 Å². The van der Waals surface area contributed by atoms with Crippen molar-refractivity contribution >= 4 is 22.2 Å². The molecule has 2 aliphatic heterocycles. The van der Waals surface area contributed by atoms with E-state index in [1.54, 1.807) is 25.2 Å². The van der Waals surface area contributed by atoms with Gasteiger partial charge in [0.25, 0.3) is 5.19 Å². The molecule has 5 nitrogen and oxygen atoms in total. The van der Waals surface area contributed by atoms with Crippen LogP contribution in [0.3, 0.4) is 0 Å². The van der Waals surface area contributed by atoms with E-state index in [-0.39, 0.29) is 18.2 Å². The zero-order valence-electron chi connectivity index (χ0n) is 17.7. The maximum absolute atomic E-state index is 14.8. The minimum absolute atomic E-state index is 0.0530. The topological polar surface area (TPSA) is 53.2 Å². The Morgan fingerprint density at radius 3 is 2.93 bits per heavy atom. The van der Waals surface area contributed by atoms with E-state index in [0.29, 0.717) is 11.7 Å². The predicted octanol–water partition coefficient (Wildman–Crippen LogP) is 4.45. The highest BCUT2D eigenvalue weighted by Crippen LogP contribution is 2.44. The molecule has 0 radical (unpaired) electrons. The van der Waals surface area contributed by atoms with Crippen molar-refractivity contribution in [3.05, 3.63) is 46.6 Å². The van der Waals surface area contributed by atoms with Gasteiger partial charge < -0.3 is 15.0 Å². The second kappa shape index (κ2) is 7.62. The number of H-pyrrole nitrogens is 1. The number of halogens is 1. The van der Waals surface area contributed by atoms with Gasteiger partial charge in [0, 0.05) is 41.9 Å². The average Bonchev–Trinajstić information content (AvgIpc) is 3.42. The quantitative estimate of drug-likeness (QED) is 0.630. The molecular weight excluding hydrogens is 399 g/mol. The summed E-state index contributed by atoms with van der Waals surface area (Å²) in [6, 6.07) is 8.61. The molecule has 5 rings (SSSR count). The summed E-state index contributed by atoms with van der Waals surface area (Å²) in [6.45, 7) is 7.74. The molecule has 4 heterocycles. The van der Waals surface area contributed by atoms with Crippen molar-refractivity contribution in [2.45, 2.75) is 57.5 Å². The molecular formula is C23H29FN4OS. The van der Waals surface area contributed by atoms with Crippen LogP contribution in [0.25, 0.3) is 10.9 Å². The van der Waals surface area contributed by atoms with Crippen LogP contribution in [0.5, 0.6) is 5.19 Å². The molecule has 0 unspecified atom stereocenters. The Morgan fingerprint density at radius 2 is 2.17 bits per heavy atom. The molecule has 0 aliphatic carbocycles. The number of ether oxygens (including phenoxy) is 1. The maximum Gasteiger partial charge on any atom is 0.273 e. The van der Waals surface area contributed by atoms with Gasteiger partial charge in [0.15, 0.2) is 0 Å². The van der Waals surface area contributed by atoms with Crippen LogP contribution in [-0.4, -0.2) is 52.3 Å². The van der Waals surface area contributed by atoms with Gasteiger partial charge in [-0.05, 0) is 51.8 Å². The highest BCUT2D eigenvalue weighted by Gasteiger charge is 2.39. The molecule has 3 aromatic rings. The Balaban J connectivity index is 1.56. The molecule has 1 aromatic carbocycles. The molecule has 0 saturated carbocycles. The van der Waals surface area contributed by atoms with Crippen molar-refractivity contribution in [3.8, 4) is 5.19 Å². The van der Waals surface area contributed by atoms with E-state index >= 15 is 0 Å². The standard InChI is InChI=1S/C23H29FN4OS/c1-14-10-17-16-6-4-5-7-18(16)27-20(17)21(28(14)13-23(2,3)24)19-12-26-22(30-19)29-15-8-9-25-11-15/h4-7,12,14-15,21,25,27H,8-11,13H2,1-3H3/t14-,15-,21-/m1/s1. The lowest BCUT2D eigenvalue weighted by Crippen LogP contribution is -2.47. The van der Waals surface area contributed by atoms with Crippen LogP contribution < -0.4 is 10.1 Å². The number of nitrogens with zero attached hydrogens (tertiary/aromatic N) is 2. The maximum atomic E-state index is 14.8. The first kappa shape index (κ1) is 20.0. The van der Waals surface area contributed by atoms with E-state index in [1.807, 2.05) is 6.20 Å². The molecule has 2 N–H and O–H groups in total. The smallest absolute Gasteiger partial charge is 0.273 e. The van der Waals surface area contributed by atoms with Crippen LogP contribution in [-0.2, 0) is 6.42 Å². The Bertz CT molecular complexity index is 1030. The number of hydrogen-bond donors (Lipinski definition) is 2. The second-order valence-corrected chi connectivity index (χ2v) is 10.2. The molecule has 30 heavy (non-hydrogen) atoms. The summed E-state index contributed by atoms with van der Waals surface area (Å²) in [5.74, 6) is 0. The van der Waals surface area contributed by atoms with Gasteiger partial charge >= 0.3 is 0 Å². The molecule has 0 amide bonds. The summed E-state index contributed by atoms with van der Waals surface area (Å²) < 4.78 is 20.9. The minimum atomic E-state index is -1.28. The third kappa shape index (κ3) is 3.74. The van der Waals surface area contributed by atoms with Gasteiger partial charge in [-0.1, -0.05) is 29.5 Å². The van der Waals surface area contributed by atoms with E-state index < -0.39 is 5.67 Å². The predicted molar refractivity (Wildman–Crippen MR) is 119 cm³/mol. The highest BCUT2D eigenvalue weighted by molar-refractivity contribution is 7.13. The van der Waals surface area contributed by atoms with Crippen molar-refractivity contribution in [1.29, 1.82) is 0 Å². The number of hydrogen-bond acceptors (Lipinski definition) is 5. The van der Waals surface area contributed by atoms with Crippen molar-refractivity contribution in [2.24, 2.45) is 0 Å². The molecule has 160 valence electrons. The summed E-state index contributed by atoms with van der Waals surface area (Å²) in [7, 11) is 0. The van der Waals surface area contributed by atoms with Crippen LogP contribution in [0, 0.1) is 0 Å². The first-order valence-electron chi connectivity index (χ1n) is 10.8. The molecule has 3 atom stereocenters. The number of aromatic amines is 1. The van der Waals surface area contributed by atoms with Gasteiger partial charge in [0.05, 0.1) is 10.9 Å². The number of fused-ring (bicyclic) bond motifs is 3. The molecule has 1 fully saturated rings. The minimum Gasteiger partial charge on any atom is -0.465 e. The number of para-hydroxylation sites is 1. The number of thiazole rings is 1. The number of benzene rings is 1. The summed E-state index contributed by atoms with van der Waals surface area (Å²) in [5.41, 5.74) is 2.36. The summed E-state index contributed by atoms with van der Waals surface area (Å²) in [5, 5.41) is 5.29. The third-order valence-electron chi connectivity index (χ3n) is 6.13. The number of nitrogens with one attached hydrogen (secondary N) is 2. The van der Waals surface area contributed by atoms with Gasteiger partial charge in [0.1, 0.15) is 11.8 Å².